The maximum absolute atomic E-state index is 12.1. The van der Waals surface area contributed by atoms with Crippen LogP contribution in [0.2, 0.25) is 0 Å². The van der Waals surface area contributed by atoms with Gasteiger partial charge in [0.25, 0.3) is 0 Å². The molecule has 0 unspecified atom stereocenters. The van der Waals surface area contributed by atoms with Gasteiger partial charge in [-0.25, -0.2) is 4.98 Å². The van der Waals surface area contributed by atoms with E-state index in [2.05, 4.69) is 15.6 Å². The predicted molar refractivity (Wildman–Crippen MR) is 73.0 cm³/mol. The Kier molecular flexibility index (Phi) is 3.61. The summed E-state index contributed by atoms with van der Waals surface area (Å²) in [6.07, 6.45) is 7.95. The van der Waals surface area contributed by atoms with E-state index in [1.807, 2.05) is 0 Å². The third-order valence-electron chi connectivity index (χ3n) is 3.70. The van der Waals surface area contributed by atoms with Crippen molar-refractivity contribution in [1.82, 2.24) is 10.3 Å². The van der Waals surface area contributed by atoms with Crippen LogP contribution in [0.4, 0.5) is 5.13 Å². The lowest BCUT2D eigenvalue weighted by molar-refractivity contribution is -0.118. The largest absolute Gasteiger partial charge is 0.306 e. The zero-order valence-corrected chi connectivity index (χ0v) is 11.3. The van der Waals surface area contributed by atoms with E-state index in [0.29, 0.717) is 0 Å². The van der Waals surface area contributed by atoms with E-state index in [1.165, 1.54) is 29.8 Å². The first-order chi connectivity index (χ1) is 8.83. The third-order valence-corrected chi connectivity index (χ3v) is 4.78. The van der Waals surface area contributed by atoms with Gasteiger partial charge in [-0.15, -0.1) is 11.3 Å². The van der Waals surface area contributed by atoms with Crippen LogP contribution in [0.5, 0.6) is 0 Å². The topological polar surface area (TPSA) is 54.0 Å². The normalized spacial score (nSPS) is 23.4. The Hall–Kier alpha value is -0.940. The van der Waals surface area contributed by atoms with E-state index in [-0.39, 0.29) is 11.9 Å². The monoisotopic (exact) mass is 265 g/mol. The van der Waals surface area contributed by atoms with Crippen molar-refractivity contribution in [2.75, 3.05) is 11.9 Å². The second-order valence-corrected chi connectivity index (χ2v) is 6.17. The van der Waals surface area contributed by atoms with Gasteiger partial charge in [-0.1, -0.05) is 6.42 Å². The van der Waals surface area contributed by atoms with E-state index >= 15 is 0 Å². The van der Waals surface area contributed by atoms with Crippen molar-refractivity contribution >= 4 is 22.4 Å². The van der Waals surface area contributed by atoms with Gasteiger partial charge in [0.1, 0.15) is 0 Å². The van der Waals surface area contributed by atoms with Gasteiger partial charge in [0.05, 0.1) is 11.7 Å². The Bertz CT molecular complexity index is 414. The molecule has 1 fully saturated rings. The molecule has 5 heteroatoms. The van der Waals surface area contributed by atoms with Crippen molar-refractivity contribution in [3.63, 3.8) is 0 Å². The van der Waals surface area contributed by atoms with Crippen LogP contribution in [-0.4, -0.2) is 23.5 Å². The fourth-order valence-corrected chi connectivity index (χ4v) is 3.73. The second-order valence-electron chi connectivity index (χ2n) is 5.09. The fraction of sp³-hybridized carbons (Fsp3) is 0.692. The quantitative estimate of drug-likeness (QED) is 0.861. The lowest BCUT2D eigenvalue weighted by Gasteiger charge is -2.21. The number of aromatic nitrogens is 1. The smallest absolute Gasteiger partial charge is 0.243 e. The Morgan fingerprint density at radius 3 is 2.94 bits per heavy atom. The molecule has 0 saturated carbocycles. The summed E-state index contributed by atoms with van der Waals surface area (Å²) in [6, 6.07) is -0.0281. The summed E-state index contributed by atoms with van der Waals surface area (Å²) >= 11 is 1.66. The van der Waals surface area contributed by atoms with Gasteiger partial charge >= 0.3 is 0 Å². The number of fused-ring (bicyclic) bond motifs is 1. The average Bonchev–Trinajstić information content (AvgIpc) is 2.82. The molecule has 1 amide bonds. The highest BCUT2D eigenvalue weighted by Gasteiger charge is 2.22. The second kappa shape index (κ2) is 5.36. The predicted octanol–water partition coefficient (Wildman–Crippen LogP) is 2.10. The average molecular weight is 265 g/mol. The molecule has 0 radical (unpaired) electrons. The first-order valence-corrected chi connectivity index (χ1v) is 7.67. The summed E-state index contributed by atoms with van der Waals surface area (Å²) in [5.41, 5.74) is 1.21. The molecule has 98 valence electrons. The van der Waals surface area contributed by atoms with Crippen LogP contribution in [0.25, 0.3) is 0 Å². The zero-order chi connectivity index (χ0) is 12.4. The van der Waals surface area contributed by atoms with Crippen LogP contribution < -0.4 is 10.6 Å². The van der Waals surface area contributed by atoms with Gasteiger partial charge in [-0.05, 0) is 45.1 Å². The van der Waals surface area contributed by atoms with Crippen molar-refractivity contribution < 1.29 is 4.79 Å². The lowest BCUT2D eigenvalue weighted by Crippen LogP contribution is -2.43. The number of aryl methyl sites for hydroxylation is 2. The van der Waals surface area contributed by atoms with Crippen LogP contribution in [0.3, 0.4) is 0 Å². The van der Waals surface area contributed by atoms with Crippen molar-refractivity contribution in [2.45, 2.75) is 51.0 Å². The number of rotatable bonds is 2. The molecule has 4 nitrogen and oxygen atoms in total. The minimum Gasteiger partial charge on any atom is -0.306 e. The molecule has 1 saturated heterocycles. The van der Waals surface area contributed by atoms with Crippen LogP contribution in [-0.2, 0) is 17.6 Å². The zero-order valence-electron chi connectivity index (χ0n) is 10.5. The molecule has 18 heavy (non-hydrogen) atoms. The van der Waals surface area contributed by atoms with Crippen LogP contribution >= 0.6 is 11.3 Å². The van der Waals surface area contributed by atoms with Gasteiger partial charge < -0.3 is 10.6 Å². The molecule has 1 atom stereocenters. The molecular formula is C13H19N3OS. The molecule has 0 spiro atoms. The van der Waals surface area contributed by atoms with E-state index in [0.717, 1.165) is 37.4 Å². The number of piperidine rings is 1. The summed E-state index contributed by atoms with van der Waals surface area (Å²) in [5, 5.41) is 7.03. The number of anilines is 1. The number of hydrogen-bond acceptors (Lipinski definition) is 4. The Labute approximate surface area is 111 Å². The molecule has 2 heterocycles. The Morgan fingerprint density at radius 2 is 2.17 bits per heavy atom. The van der Waals surface area contributed by atoms with Crippen molar-refractivity contribution in [3.8, 4) is 0 Å². The fourth-order valence-electron chi connectivity index (χ4n) is 2.67. The number of thiazole rings is 1. The summed E-state index contributed by atoms with van der Waals surface area (Å²) in [6.45, 7) is 0.951. The number of nitrogens with zero attached hydrogens (tertiary/aromatic N) is 1. The number of amides is 1. The van der Waals surface area contributed by atoms with E-state index < -0.39 is 0 Å². The molecule has 2 aliphatic rings. The number of hydrogen-bond donors (Lipinski definition) is 2. The van der Waals surface area contributed by atoms with Crippen molar-refractivity contribution in [3.05, 3.63) is 10.6 Å². The van der Waals surface area contributed by atoms with Crippen LogP contribution in [0, 0.1) is 0 Å². The van der Waals surface area contributed by atoms with Gasteiger partial charge in [0.2, 0.25) is 5.91 Å². The standard InChI is InChI=1S/C13H19N3OS/c17-12(10-6-3-4-8-14-10)16-13-15-9-5-1-2-7-11(9)18-13/h10,14H,1-8H2,(H,15,16,17)/t10-/m1/s1. The third kappa shape index (κ3) is 2.57. The minimum absolute atomic E-state index is 0.0281. The SMILES string of the molecule is O=C(Nc1nc2c(s1)CCCC2)[C@H]1CCCCN1. The Morgan fingerprint density at radius 1 is 1.28 bits per heavy atom. The highest BCUT2D eigenvalue weighted by Crippen LogP contribution is 2.29. The molecule has 2 N–H and O–H groups in total. The van der Waals surface area contributed by atoms with E-state index in [9.17, 15) is 4.79 Å². The van der Waals surface area contributed by atoms with Gasteiger partial charge in [-0.3, -0.25) is 4.79 Å². The highest BCUT2D eigenvalue weighted by atomic mass is 32.1. The molecule has 0 aromatic carbocycles. The van der Waals surface area contributed by atoms with Gasteiger partial charge in [0, 0.05) is 4.88 Å². The number of nitrogens with one attached hydrogen (secondary N) is 2. The number of carbonyl (C=O) groups is 1. The summed E-state index contributed by atoms with van der Waals surface area (Å²) in [7, 11) is 0. The molecule has 1 aliphatic heterocycles. The number of carbonyl (C=O) groups excluding carboxylic acids is 1. The Balaban J connectivity index is 1.64. The van der Waals surface area contributed by atoms with Gasteiger partial charge in [0.15, 0.2) is 5.13 Å². The van der Waals surface area contributed by atoms with Gasteiger partial charge in [-0.2, -0.15) is 0 Å². The highest BCUT2D eigenvalue weighted by molar-refractivity contribution is 7.15. The summed E-state index contributed by atoms with van der Waals surface area (Å²) < 4.78 is 0. The van der Waals surface area contributed by atoms with Crippen molar-refractivity contribution in [2.24, 2.45) is 0 Å². The first kappa shape index (κ1) is 12.1. The van der Waals surface area contributed by atoms with E-state index in [1.54, 1.807) is 11.3 Å². The maximum Gasteiger partial charge on any atom is 0.243 e. The molecule has 1 aromatic heterocycles. The maximum atomic E-state index is 12.1. The summed E-state index contributed by atoms with van der Waals surface area (Å²) in [5.74, 6) is 0.0841. The molecule has 0 bridgehead atoms. The molecule has 1 aliphatic carbocycles. The molecular weight excluding hydrogens is 246 g/mol. The molecule has 3 rings (SSSR count). The first-order valence-electron chi connectivity index (χ1n) is 6.86. The van der Waals surface area contributed by atoms with E-state index in [4.69, 9.17) is 0 Å². The minimum atomic E-state index is -0.0281. The van der Waals surface area contributed by atoms with Crippen LogP contribution in [0.1, 0.15) is 42.7 Å². The van der Waals surface area contributed by atoms with Crippen LogP contribution in [0.15, 0.2) is 0 Å². The molecule has 1 aromatic rings. The summed E-state index contributed by atoms with van der Waals surface area (Å²) in [4.78, 5) is 18.0. The lowest BCUT2D eigenvalue weighted by atomic mass is 10.0. The van der Waals surface area contributed by atoms with Crippen molar-refractivity contribution in [1.29, 1.82) is 0 Å².